The van der Waals surface area contributed by atoms with E-state index in [1.807, 2.05) is 0 Å². The highest BCUT2D eigenvalue weighted by Gasteiger charge is 2.17. The minimum Gasteiger partial charge on any atom is -0.381 e. The second-order valence-corrected chi connectivity index (χ2v) is 5.49. The molecule has 0 aromatic rings. The van der Waals surface area contributed by atoms with E-state index >= 15 is 0 Å². The molecule has 2 saturated heterocycles. The third-order valence-electron chi connectivity index (χ3n) is 3.96. The summed E-state index contributed by atoms with van der Waals surface area (Å²) >= 11 is 0. The third kappa shape index (κ3) is 4.04. The van der Waals surface area contributed by atoms with Gasteiger partial charge in [-0.2, -0.15) is 0 Å². The van der Waals surface area contributed by atoms with Crippen LogP contribution in [0.2, 0.25) is 0 Å². The fourth-order valence-electron chi connectivity index (χ4n) is 2.73. The van der Waals surface area contributed by atoms with E-state index in [-0.39, 0.29) is 0 Å². The fraction of sp³-hybridized carbons (Fsp3) is 1.00. The van der Waals surface area contributed by atoms with Gasteiger partial charge in [0.25, 0.3) is 0 Å². The Morgan fingerprint density at radius 2 is 1.88 bits per heavy atom. The first-order valence-electron chi connectivity index (χ1n) is 6.81. The summed E-state index contributed by atoms with van der Waals surface area (Å²) in [6, 6.07) is 0. The zero-order valence-corrected chi connectivity index (χ0v) is 10.6. The van der Waals surface area contributed by atoms with Crippen LogP contribution in [0.5, 0.6) is 0 Å². The van der Waals surface area contributed by atoms with E-state index < -0.39 is 0 Å². The van der Waals surface area contributed by atoms with E-state index in [1.54, 1.807) is 0 Å². The molecule has 94 valence electrons. The molecule has 0 radical (unpaired) electrons. The molecule has 1 N–H and O–H groups in total. The minimum atomic E-state index is 0.764. The van der Waals surface area contributed by atoms with Crippen molar-refractivity contribution < 1.29 is 4.74 Å². The number of rotatable bonds is 4. The van der Waals surface area contributed by atoms with E-state index in [1.165, 1.54) is 45.3 Å². The molecule has 1 unspecified atom stereocenters. The van der Waals surface area contributed by atoms with Crippen molar-refractivity contribution in [2.75, 3.05) is 46.4 Å². The zero-order valence-electron chi connectivity index (χ0n) is 10.6. The maximum absolute atomic E-state index is 5.49. The predicted molar refractivity (Wildman–Crippen MR) is 66.6 cm³/mol. The number of hydrogen-bond acceptors (Lipinski definition) is 3. The third-order valence-corrected chi connectivity index (χ3v) is 3.96. The van der Waals surface area contributed by atoms with Gasteiger partial charge >= 0.3 is 0 Å². The first-order chi connectivity index (χ1) is 7.84. The van der Waals surface area contributed by atoms with Gasteiger partial charge in [0, 0.05) is 13.2 Å². The van der Waals surface area contributed by atoms with E-state index in [2.05, 4.69) is 17.3 Å². The van der Waals surface area contributed by atoms with E-state index in [0.717, 1.165) is 31.6 Å². The highest BCUT2D eigenvalue weighted by atomic mass is 16.5. The van der Waals surface area contributed by atoms with Crippen LogP contribution in [0.3, 0.4) is 0 Å². The SMILES string of the molecule is CN1CCC(CNCC2CCCOC2)CC1. The van der Waals surface area contributed by atoms with E-state index in [9.17, 15) is 0 Å². The van der Waals surface area contributed by atoms with Gasteiger partial charge in [-0.3, -0.25) is 0 Å². The van der Waals surface area contributed by atoms with Crippen molar-refractivity contribution in [1.29, 1.82) is 0 Å². The quantitative estimate of drug-likeness (QED) is 0.783. The Labute approximate surface area is 99.5 Å². The van der Waals surface area contributed by atoms with Crippen molar-refractivity contribution in [1.82, 2.24) is 10.2 Å². The number of piperidine rings is 1. The molecule has 1 atom stereocenters. The van der Waals surface area contributed by atoms with Crippen molar-refractivity contribution in [3.63, 3.8) is 0 Å². The number of ether oxygens (including phenoxy) is 1. The molecular formula is C13H26N2O. The lowest BCUT2D eigenvalue weighted by Crippen LogP contribution is -2.37. The van der Waals surface area contributed by atoms with Gasteiger partial charge in [0.05, 0.1) is 6.61 Å². The smallest absolute Gasteiger partial charge is 0.0506 e. The molecule has 2 rings (SSSR count). The molecule has 0 bridgehead atoms. The number of likely N-dealkylation sites (tertiary alicyclic amines) is 1. The van der Waals surface area contributed by atoms with Crippen LogP contribution < -0.4 is 5.32 Å². The van der Waals surface area contributed by atoms with Crippen LogP contribution in [0.4, 0.5) is 0 Å². The summed E-state index contributed by atoms with van der Waals surface area (Å²) in [6.45, 7) is 6.88. The standard InChI is InChI=1S/C13H26N2O/c1-15-6-4-12(5-7-15)9-14-10-13-3-2-8-16-11-13/h12-14H,2-11H2,1H3. The van der Waals surface area contributed by atoms with Crippen molar-refractivity contribution in [3.8, 4) is 0 Å². The summed E-state index contributed by atoms with van der Waals surface area (Å²) in [7, 11) is 2.23. The molecule has 0 saturated carbocycles. The number of nitrogens with zero attached hydrogens (tertiary/aromatic N) is 1. The van der Waals surface area contributed by atoms with Crippen LogP contribution in [0, 0.1) is 11.8 Å². The molecule has 3 nitrogen and oxygen atoms in total. The van der Waals surface area contributed by atoms with Gasteiger partial charge in [0.15, 0.2) is 0 Å². The highest BCUT2D eigenvalue weighted by Crippen LogP contribution is 2.16. The normalized spacial score (nSPS) is 29.4. The van der Waals surface area contributed by atoms with Crippen LogP contribution in [0.1, 0.15) is 25.7 Å². The van der Waals surface area contributed by atoms with Gasteiger partial charge in [-0.1, -0.05) is 0 Å². The lowest BCUT2D eigenvalue weighted by atomic mass is 9.96. The Hall–Kier alpha value is -0.120. The number of hydrogen-bond donors (Lipinski definition) is 1. The molecule has 2 fully saturated rings. The second kappa shape index (κ2) is 6.58. The second-order valence-electron chi connectivity index (χ2n) is 5.49. The van der Waals surface area contributed by atoms with Gasteiger partial charge in [-0.15, -0.1) is 0 Å². The Morgan fingerprint density at radius 1 is 1.12 bits per heavy atom. The number of nitrogens with one attached hydrogen (secondary N) is 1. The predicted octanol–water partition coefficient (Wildman–Crippen LogP) is 1.34. The lowest BCUT2D eigenvalue weighted by Gasteiger charge is -2.30. The lowest BCUT2D eigenvalue weighted by molar-refractivity contribution is 0.0542. The molecule has 0 aliphatic carbocycles. The van der Waals surface area contributed by atoms with Gasteiger partial charge in [0.1, 0.15) is 0 Å². The molecule has 2 aliphatic rings. The van der Waals surface area contributed by atoms with E-state index in [0.29, 0.717) is 0 Å². The molecule has 16 heavy (non-hydrogen) atoms. The molecule has 0 amide bonds. The van der Waals surface area contributed by atoms with E-state index in [4.69, 9.17) is 4.74 Å². The molecule has 2 aliphatic heterocycles. The Morgan fingerprint density at radius 3 is 2.56 bits per heavy atom. The van der Waals surface area contributed by atoms with Gasteiger partial charge in [0.2, 0.25) is 0 Å². The van der Waals surface area contributed by atoms with Crippen LogP contribution in [-0.4, -0.2) is 51.3 Å². The summed E-state index contributed by atoms with van der Waals surface area (Å²) < 4.78 is 5.49. The van der Waals surface area contributed by atoms with Crippen LogP contribution >= 0.6 is 0 Å². The minimum absolute atomic E-state index is 0.764. The highest BCUT2D eigenvalue weighted by molar-refractivity contribution is 4.73. The summed E-state index contributed by atoms with van der Waals surface area (Å²) in [4.78, 5) is 2.44. The molecule has 3 heteroatoms. The average molecular weight is 226 g/mol. The molecule has 0 aromatic carbocycles. The van der Waals surface area contributed by atoms with Crippen molar-refractivity contribution in [3.05, 3.63) is 0 Å². The van der Waals surface area contributed by atoms with Crippen LogP contribution in [-0.2, 0) is 4.74 Å². The summed E-state index contributed by atoms with van der Waals surface area (Å²) in [5, 5.41) is 3.64. The molecule has 0 spiro atoms. The van der Waals surface area contributed by atoms with Crippen LogP contribution in [0.15, 0.2) is 0 Å². The van der Waals surface area contributed by atoms with Crippen molar-refractivity contribution in [2.24, 2.45) is 11.8 Å². The first kappa shape index (κ1) is 12.3. The molecule has 2 heterocycles. The largest absolute Gasteiger partial charge is 0.381 e. The maximum Gasteiger partial charge on any atom is 0.0506 e. The first-order valence-corrected chi connectivity index (χ1v) is 6.81. The Bertz CT molecular complexity index is 184. The summed E-state index contributed by atoms with van der Waals surface area (Å²) in [5.74, 6) is 1.67. The van der Waals surface area contributed by atoms with Crippen molar-refractivity contribution >= 4 is 0 Å². The Kier molecular flexibility index (Phi) is 5.07. The zero-order chi connectivity index (χ0) is 11.2. The average Bonchev–Trinajstić information content (AvgIpc) is 2.33. The fourth-order valence-corrected chi connectivity index (χ4v) is 2.73. The summed E-state index contributed by atoms with van der Waals surface area (Å²) in [5.41, 5.74) is 0. The monoisotopic (exact) mass is 226 g/mol. The van der Waals surface area contributed by atoms with Gasteiger partial charge < -0.3 is 15.0 Å². The Balaban J connectivity index is 1.53. The maximum atomic E-state index is 5.49. The topological polar surface area (TPSA) is 24.5 Å². The van der Waals surface area contributed by atoms with Gasteiger partial charge in [-0.05, 0) is 64.2 Å². The van der Waals surface area contributed by atoms with Crippen LogP contribution in [0.25, 0.3) is 0 Å². The molecular weight excluding hydrogens is 200 g/mol. The summed E-state index contributed by atoms with van der Waals surface area (Å²) in [6.07, 6.45) is 5.33. The van der Waals surface area contributed by atoms with Crippen molar-refractivity contribution in [2.45, 2.75) is 25.7 Å². The van der Waals surface area contributed by atoms with Gasteiger partial charge in [-0.25, -0.2) is 0 Å². The molecule has 0 aromatic heterocycles.